The maximum absolute atomic E-state index is 10.9. The Balaban J connectivity index is 2.51. The van der Waals surface area contributed by atoms with Gasteiger partial charge < -0.3 is 15.5 Å². The summed E-state index contributed by atoms with van der Waals surface area (Å²) in [6.45, 7) is 0.331. The van der Waals surface area contributed by atoms with Gasteiger partial charge in [0.25, 0.3) is 0 Å². The first-order valence-electron chi connectivity index (χ1n) is 5.41. The molecule has 0 aliphatic rings. The lowest BCUT2D eigenvalue weighted by Crippen LogP contribution is -2.36. The summed E-state index contributed by atoms with van der Waals surface area (Å²) in [5.41, 5.74) is 0.851. The van der Waals surface area contributed by atoms with Gasteiger partial charge in [0.1, 0.15) is 6.04 Å². The van der Waals surface area contributed by atoms with Crippen molar-refractivity contribution in [2.24, 2.45) is 0 Å². The highest BCUT2D eigenvalue weighted by molar-refractivity contribution is 6.30. The van der Waals surface area contributed by atoms with Crippen molar-refractivity contribution in [3.05, 3.63) is 34.9 Å². The molecule has 0 unspecified atom stereocenters. The molecule has 0 radical (unpaired) electrons. The topological polar surface area (TPSA) is 86.6 Å². The predicted molar refractivity (Wildman–Crippen MR) is 66.6 cm³/mol. The number of rotatable bonds is 7. The third-order valence-corrected chi connectivity index (χ3v) is 2.62. The molecule has 1 aromatic carbocycles. The van der Waals surface area contributed by atoms with Gasteiger partial charge in [-0.05, 0) is 24.1 Å². The molecule has 0 saturated carbocycles. The number of halogens is 1. The Bertz CT molecular complexity index is 436. The number of carboxylic acids is 2. The Morgan fingerprint density at radius 1 is 1.33 bits per heavy atom. The summed E-state index contributed by atoms with van der Waals surface area (Å²) in [7, 11) is 0. The van der Waals surface area contributed by atoms with E-state index in [1.807, 2.05) is 6.07 Å². The van der Waals surface area contributed by atoms with Crippen LogP contribution in [0.3, 0.4) is 0 Å². The van der Waals surface area contributed by atoms with Gasteiger partial charge >= 0.3 is 11.9 Å². The van der Waals surface area contributed by atoms with E-state index >= 15 is 0 Å². The van der Waals surface area contributed by atoms with Crippen molar-refractivity contribution in [3.63, 3.8) is 0 Å². The van der Waals surface area contributed by atoms with Gasteiger partial charge in [0, 0.05) is 18.0 Å². The Kier molecular flexibility index (Phi) is 5.61. The summed E-state index contributed by atoms with van der Waals surface area (Å²) in [6, 6.07) is 6.16. The van der Waals surface area contributed by atoms with Gasteiger partial charge in [0.05, 0.1) is 0 Å². The lowest BCUT2D eigenvalue weighted by Gasteiger charge is -2.13. The quantitative estimate of drug-likeness (QED) is 0.703. The summed E-state index contributed by atoms with van der Waals surface area (Å²) in [6.07, 6.45) is -0.134. The third kappa shape index (κ3) is 5.16. The monoisotopic (exact) mass is 271 g/mol. The molecule has 0 fully saturated rings. The second-order valence-corrected chi connectivity index (χ2v) is 4.27. The summed E-state index contributed by atoms with van der Waals surface area (Å²) >= 11 is 5.80. The molecule has 0 bridgehead atoms. The van der Waals surface area contributed by atoms with Gasteiger partial charge in [0.15, 0.2) is 0 Å². The minimum atomic E-state index is -1.06. The van der Waals surface area contributed by atoms with Gasteiger partial charge in [-0.3, -0.25) is 9.59 Å². The Morgan fingerprint density at radius 2 is 2.06 bits per heavy atom. The summed E-state index contributed by atoms with van der Waals surface area (Å²) < 4.78 is 0. The van der Waals surface area contributed by atoms with Crippen LogP contribution in [0.25, 0.3) is 0 Å². The van der Waals surface area contributed by atoms with Crippen molar-refractivity contribution in [2.45, 2.75) is 25.4 Å². The fraction of sp³-hybridized carbons (Fsp3) is 0.333. The SMILES string of the molecule is O=C(O)CC[C@H](NCc1cccc(Cl)c1)C(=O)O. The number of benzene rings is 1. The fourth-order valence-electron chi connectivity index (χ4n) is 1.47. The molecule has 0 heterocycles. The van der Waals surface area contributed by atoms with E-state index in [1.54, 1.807) is 18.2 Å². The first-order chi connectivity index (χ1) is 8.49. The molecule has 0 spiro atoms. The number of hydrogen-bond acceptors (Lipinski definition) is 3. The number of nitrogens with one attached hydrogen (secondary N) is 1. The predicted octanol–water partition coefficient (Wildman–Crippen LogP) is 1.75. The fourth-order valence-corrected chi connectivity index (χ4v) is 1.68. The Labute approximate surface area is 109 Å². The van der Waals surface area contributed by atoms with Crippen molar-refractivity contribution in [1.29, 1.82) is 0 Å². The van der Waals surface area contributed by atoms with Crippen molar-refractivity contribution in [2.75, 3.05) is 0 Å². The standard InChI is InChI=1S/C12H14ClNO4/c13-9-3-1-2-8(6-9)7-14-10(12(17)18)4-5-11(15)16/h1-3,6,10,14H,4-5,7H2,(H,15,16)(H,17,18)/t10-/m0/s1. The van der Waals surface area contributed by atoms with Crippen LogP contribution >= 0.6 is 11.6 Å². The average molecular weight is 272 g/mol. The molecule has 0 amide bonds. The molecule has 18 heavy (non-hydrogen) atoms. The molecule has 0 aliphatic carbocycles. The molecule has 98 valence electrons. The number of aliphatic carboxylic acids is 2. The van der Waals surface area contributed by atoms with Crippen LogP contribution in [0, 0.1) is 0 Å². The van der Waals surface area contributed by atoms with E-state index in [9.17, 15) is 9.59 Å². The first-order valence-corrected chi connectivity index (χ1v) is 5.79. The number of hydrogen-bond donors (Lipinski definition) is 3. The normalized spacial score (nSPS) is 12.1. The van der Waals surface area contributed by atoms with Gasteiger partial charge in [-0.15, -0.1) is 0 Å². The zero-order valence-corrected chi connectivity index (χ0v) is 10.4. The van der Waals surface area contributed by atoms with Gasteiger partial charge in [0.2, 0.25) is 0 Å². The number of carboxylic acid groups (broad SMARTS) is 2. The van der Waals surface area contributed by atoms with E-state index in [2.05, 4.69) is 5.32 Å². The van der Waals surface area contributed by atoms with Crippen molar-refractivity contribution in [3.8, 4) is 0 Å². The molecule has 1 aromatic rings. The number of carbonyl (C=O) groups is 2. The molecule has 3 N–H and O–H groups in total. The zero-order chi connectivity index (χ0) is 13.5. The van der Waals surface area contributed by atoms with Crippen LogP contribution in [0.4, 0.5) is 0 Å². The minimum Gasteiger partial charge on any atom is -0.481 e. The first kappa shape index (κ1) is 14.5. The molecule has 1 atom stereocenters. The second-order valence-electron chi connectivity index (χ2n) is 3.83. The zero-order valence-electron chi connectivity index (χ0n) is 9.60. The molecular weight excluding hydrogens is 258 g/mol. The van der Waals surface area contributed by atoms with Gasteiger partial charge in [-0.25, -0.2) is 0 Å². The van der Waals surface area contributed by atoms with Gasteiger partial charge in [-0.1, -0.05) is 23.7 Å². The van der Waals surface area contributed by atoms with Crippen LogP contribution in [0.1, 0.15) is 18.4 Å². The van der Waals surface area contributed by atoms with E-state index in [0.29, 0.717) is 11.6 Å². The summed E-state index contributed by atoms with van der Waals surface area (Å²) in [5, 5.41) is 20.8. The van der Waals surface area contributed by atoms with Gasteiger partial charge in [-0.2, -0.15) is 0 Å². The van der Waals surface area contributed by atoms with Crippen molar-refractivity contribution in [1.82, 2.24) is 5.32 Å². The van der Waals surface area contributed by atoms with Crippen LogP contribution in [0.5, 0.6) is 0 Å². The van der Waals surface area contributed by atoms with E-state index in [1.165, 1.54) is 0 Å². The molecule has 0 aromatic heterocycles. The highest BCUT2D eigenvalue weighted by Crippen LogP contribution is 2.11. The van der Waals surface area contributed by atoms with Crippen LogP contribution in [0.15, 0.2) is 24.3 Å². The van der Waals surface area contributed by atoms with Crippen LogP contribution in [0.2, 0.25) is 5.02 Å². The largest absolute Gasteiger partial charge is 0.481 e. The summed E-state index contributed by atoms with van der Waals surface area (Å²) in [4.78, 5) is 21.3. The third-order valence-electron chi connectivity index (χ3n) is 2.39. The average Bonchev–Trinajstić information content (AvgIpc) is 2.28. The van der Waals surface area contributed by atoms with E-state index < -0.39 is 18.0 Å². The lowest BCUT2D eigenvalue weighted by molar-refractivity contribution is -0.140. The second kappa shape index (κ2) is 6.98. The van der Waals surface area contributed by atoms with E-state index in [4.69, 9.17) is 21.8 Å². The maximum atomic E-state index is 10.9. The van der Waals surface area contributed by atoms with E-state index in [0.717, 1.165) is 5.56 Å². The van der Waals surface area contributed by atoms with Crippen LogP contribution in [-0.2, 0) is 16.1 Å². The minimum absolute atomic E-state index is 0.0469. The van der Waals surface area contributed by atoms with E-state index in [-0.39, 0.29) is 12.8 Å². The van der Waals surface area contributed by atoms with Crippen LogP contribution in [-0.4, -0.2) is 28.2 Å². The maximum Gasteiger partial charge on any atom is 0.320 e. The molecule has 1 rings (SSSR count). The highest BCUT2D eigenvalue weighted by atomic mass is 35.5. The highest BCUT2D eigenvalue weighted by Gasteiger charge is 2.17. The molecule has 6 heteroatoms. The Hall–Kier alpha value is -1.59. The summed E-state index contributed by atoms with van der Waals surface area (Å²) in [5.74, 6) is -2.07. The molecule has 0 saturated heterocycles. The van der Waals surface area contributed by atoms with Crippen molar-refractivity contribution >= 4 is 23.5 Å². The molecule has 5 nitrogen and oxygen atoms in total. The van der Waals surface area contributed by atoms with Crippen LogP contribution < -0.4 is 5.32 Å². The van der Waals surface area contributed by atoms with Crippen molar-refractivity contribution < 1.29 is 19.8 Å². The lowest BCUT2D eigenvalue weighted by atomic mass is 10.1. The smallest absolute Gasteiger partial charge is 0.320 e. The molecular formula is C12H14ClNO4. The molecule has 0 aliphatic heterocycles. The Morgan fingerprint density at radius 3 is 2.61 bits per heavy atom.